The lowest BCUT2D eigenvalue weighted by Crippen LogP contribution is -2.54. The monoisotopic (exact) mass is 288 g/mol. The molecule has 2 rings (SSSR count). The Labute approximate surface area is 111 Å². The van der Waals surface area contributed by atoms with Crippen molar-refractivity contribution in [3.05, 3.63) is 35.4 Å². The largest absolute Gasteiger partial charge is 0.416 e. The predicted molar refractivity (Wildman–Crippen MR) is 63.1 cm³/mol. The molecule has 100 valence electrons. The van der Waals surface area contributed by atoms with E-state index in [0.29, 0.717) is 0 Å². The molecular weight excluding hydrogens is 281 g/mol. The third kappa shape index (κ3) is 2.73. The fraction of sp³-hybridized carbons (Fsp3) is 0.182. The molecule has 0 bridgehead atoms. The molecule has 2 N–H and O–H groups in total. The fourth-order valence-electron chi connectivity index (χ4n) is 1.69. The van der Waals surface area contributed by atoms with Gasteiger partial charge < -0.3 is 10.6 Å². The van der Waals surface area contributed by atoms with E-state index in [1.165, 1.54) is 0 Å². The number of alkyl halides is 3. The molecule has 1 saturated heterocycles. The first-order valence-corrected chi connectivity index (χ1v) is 5.52. The molecule has 0 unspecified atom stereocenters. The number of halogens is 3. The van der Waals surface area contributed by atoms with E-state index >= 15 is 0 Å². The van der Waals surface area contributed by atoms with Crippen molar-refractivity contribution in [1.82, 2.24) is 10.6 Å². The minimum absolute atomic E-state index is 0.113. The van der Waals surface area contributed by atoms with E-state index in [-0.39, 0.29) is 10.7 Å². The van der Waals surface area contributed by atoms with Crippen LogP contribution in [0.2, 0.25) is 0 Å². The van der Waals surface area contributed by atoms with Gasteiger partial charge in [0.15, 0.2) is 5.11 Å². The van der Waals surface area contributed by atoms with Crippen LogP contribution in [0.1, 0.15) is 17.0 Å². The van der Waals surface area contributed by atoms with E-state index in [2.05, 4.69) is 22.9 Å². The van der Waals surface area contributed by atoms with Gasteiger partial charge in [0, 0.05) is 0 Å². The Hall–Kier alpha value is -1.96. The maximum atomic E-state index is 12.4. The second-order valence-electron chi connectivity index (χ2n) is 3.86. The minimum atomic E-state index is -4.46. The van der Waals surface area contributed by atoms with Crippen molar-refractivity contribution in [2.75, 3.05) is 0 Å². The molecule has 1 fully saturated rings. The molecule has 0 radical (unpaired) electrons. The van der Waals surface area contributed by atoms with Gasteiger partial charge in [-0.15, -0.1) is 0 Å². The maximum absolute atomic E-state index is 12.4. The van der Waals surface area contributed by atoms with Gasteiger partial charge in [-0.3, -0.25) is 9.59 Å². The number of amides is 2. The van der Waals surface area contributed by atoms with E-state index in [9.17, 15) is 22.8 Å². The second kappa shape index (κ2) is 4.61. The molecule has 8 heteroatoms. The van der Waals surface area contributed by atoms with Gasteiger partial charge in [-0.25, -0.2) is 0 Å². The van der Waals surface area contributed by atoms with Crippen molar-refractivity contribution in [2.24, 2.45) is 0 Å². The zero-order chi connectivity index (χ0) is 14.2. The number of benzene rings is 1. The lowest BCUT2D eigenvalue weighted by Gasteiger charge is -2.22. The molecule has 1 aliphatic heterocycles. The summed E-state index contributed by atoms with van der Waals surface area (Å²) in [5.41, 5.74) is -0.672. The Kier molecular flexibility index (Phi) is 3.27. The van der Waals surface area contributed by atoms with Gasteiger partial charge >= 0.3 is 6.18 Å². The summed E-state index contributed by atoms with van der Waals surface area (Å²) in [5, 5.41) is 4.37. The van der Waals surface area contributed by atoms with Crippen LogP contribution in [0.25, 0.3) is 0 Å². The number of hydrogen-bond acceptors (Lipinski definition) is 3. The van der Waals surface area contributed by atoms with Gasteiger partial charge in [-0.1, -0.05) is 12.1 Å². The van der Waals surface area contributed by atoms with Crippen LogP contribution in [0.15, 0.2) is 24.3 Å². The molecule has 0 saturated carbocycles. The van der Waals surface area contributed by atoms with Crippen molar-refractivity contribution in [3.8, 4) is 0 Å². The van der Waals surface area contributed by atoms with Crippen LogP contribution in [-0.4, -0.2) is 16.9 Å². The normalized spacial score (nSPS) is 17.1. The SMILES string of the molecule is O=C1NC(=S)NC(=O)C1c1ccc(C(F)(F)F)cc1. The molecule has 4 nitrogen and oxygen atoms in total. The van der Waals surface area contributed by atoms with Crippen molar-refractivity contribution in [3.63, 3.8) is 0 Å². The summed E-state index contributed by atoms with van der Waals surface area (Å²) >= 11 is 4.62. The summed E-state index contributed by atoms with van der Waals surface area (Å²) in [6.45, 7) is 0. The molecule has 0 aliphatic carbocycles. The Bertz CT molecular complexity index is 534. The third-order valence-electron chi connectivity index (χ3n) is 2.57. The summed E-state index contributed by atoms with van der Waals surface area (Å²) in [6, 6.07) is 3.84. The van der Waals surface area contributed by atoms with Crippen LogP contribution >= 0.6 is 12.2 Å². The quantitative estimate of drug-likeness (QED) is 0.605. The van der Waals surface area contributed by atoms with Crippen molar-refractivity contribution >= 4 is 29.1 Å². The number of hydrogen-bond donors (Lipinski definition) is 2. The summed E-state index contributed by atoms with van der Waals surface area (Å²) < 4.78 is 37.2. The molecule has 1 aromatic carbocycles. The van der Waals surface area contributed by atoms with Gasteiger partial charge in [0.25, 0.3) is 0 Å². The fourth-order valence-corrected chi connectivity index (χ4v) is 1.89. The highest BCUT2D eigenvalue weighted by Crippen LogP contribution is 2.30. The minimum Gasteiger partial charge on any atom is -0.302 e. The first-order valence-electron chi connectivity index (χ1n) is 5.12. The van der Waals surface area contributed by atoms with E-state index in [4.69, 9.17) is 0 Å². The number of rotatable bonds is 1. The van der Waals surface area contributed by atoms with Crippen LogP contribution in [0.3, 0.4) is 0 Å². The van der Waals surface area contributed by atoms with Crippen LogP contribution < -0.4 is 10.6 Å². The molecule has 0 aromatic heterocycles. The molecule has 1 aliphatic rings. The Morgan fingerprint density at radius 1 is 1.00 bits per heavy atom. The molecule has 19 heavy (non-hydrogen) atoms. The Morgan fingerprint density at radius 2 is 1.47 bits per heavy atom. The Morgan fingerprint density at radius 3 is 1.89 bits per heavy atom. The summed E-state index contributed by atoms with van der Waals surface area (Å²) in [4.78, 5) is 23.2. The summed E-state index contributed by atoms with van der Waals surface area (Å²) in [5.74, 6) is -2.52. The van der Waals surface area contributed by atoms with Crippen LogP contribution in [0.4, 0.5) is 13.2 Å². The molecule has 1 aromatic rings. The summed E-state index contributed by atoms with van der Waals surface area (Å²) in [7, 11) is 0. The predicted octanol–water partition coefficient (Wildman–Crippen LogP) is 1.32. The second-order valence-corrected chi connectivity index (χ2v) is 4.27. The molecular formula is C11H7F3N2O2S. The standard InChI is InChI=1S/C11H7F3N2O2S/c12-11(13,14)6-3-1-5(2-4-6)7-8(17)15-10(19)16-9(7)18/h1-4,7H,(H2,15,16,17,18,19). The number of thiocarbonyl (C=S) groups is 1. The number of carbonyl (C=O) groups excluding carboxylic acids is 2. The van der Waals surface area contributed by atoms with Crippen molar-refractivity contribution in [2.45, 2.75) is 12.1 Å². The molecule has 0 spiro atoms. The zero-order valence-corrected chi connectivity index (χ0v) is 10.1. The Balaban J connectivity index is 2.30. The van der Waals surface area contributed by atoms with Gasteiger partial charge in [0.05, 0.1) is 5.56 Å². The van der Waals surface area contributed by atoms with E-state index in [0.717, 1.165) is 24.3 Å². The molecule has 0 atom stereocenters. The lowest BCUT2D eigenvalue weighted by atomic mass is 9.95. The van der Waals surface area contributed by atoms with Crippen LogP contribution in [0.5, 0.6) is 0 Å². The van der Waals surface area contributed by atoms with E-state index < -0.39 is 29.5 Å². The third-order valence-corrected chi connectivity index (χ3v) is 2.77. The van der Waals surface area contributed by atoms with Gasteiger partial charge in [-0.2, -0.15) is 13.2 Å². The highest BCUT2D eigenvalue weighted by Gasteiger charge is 2.35. The number of carbonyl (C=O) groups is 2. The average Bonchev–Trinajstić information content (AvgIpc) is 2.27. The highest BCUT2D eigenvalue weighted by atomic mass is 32.1. The maximum Gasteiger partial charge on any atom is 0.416 e. The van der Waals surface area contributed by atoms with Crippen molar-refractivity contribution < 1.29 is 22.8 Å². The van der Waals surface area contributed by atoms with Crippen molar-refractivity contribution in [1.29, 1.82) is 0 Å². The smallest absolute Gasteiger partial charge is 0.302 e. The molecule has 1 heterocycles. The van der Waals surface area contributed by atoms with Crippen LogP contribution in [-0.2, 0) is 15.8 Å². The highest BCUT2D eigenvalue weighted by molar-refractivity contribution is 7.80. The first-order chi connectivity index (χ1) is 8.79. The van der Waals surface area contributed by atoms with E-state index in [1.807, 2.05) is 0 Å². The van der Waals surface area contributed by atoms with Gasteiger partial charge in [-0.05, 0) is 29.9 Å². The van der Waals surface area contributed by atoms with E-state index in [1.54, 1.807) is 0 Å². The lowest BCUT2D eigenvalue weighted by molar-refractivity contribution is -0.137. The van der Waals surface area contributed by atoms with Gasteiger partial charge in [0.1, 0.15) is 5.92 Å². The number of nitrogens with one attached hydrogen (secondary N) is 2. The van der Waals surface area contributed by atoms with Crippen LogP contribution in [0, 0.1) is 0 Å². The topological polar surface area (TPSA) is 58.2 Å². The summed E-state index contributed by atoms with van der Waals surface area (Å²) in [6.07, 6.45) is -4.46. The first kappa shape index (κ1) is 13.5. The molecule has 2 amide bonds. The zero-order valence-electron chi connectivity index (χ0n) is 9.25. The van der Waals surface area contributed by atoms with Gasteiger partial charge in [0.2, 0.25) is 11.8 Å². The average molecular weight is 288 g/mol.